The zero-order valence-corrected chi connectivity index (χ0v) is 20.6. The average Bonchev–Trinajstić information content (AvgIpc) is 2.85. The molecule has 1 N–H and O–H groups in total. The second-order valence-corrected chi connectivity index (χ2v) is 9.73. The van der Waals surface area contributed by atoms with Crippen molar-refractivity contribution in [2.75, 3.05) is 36.8 Å². The van der Waals surface area contributed by atoms with Gasteiger partial charge >= 0.3 is 5.97 Å². The highest BCUT2D eigenvalue weighted by molar-refractivity contribution is 7.99. The van der Waals surface area contributed by atoms with Crippen LogP contribution < -0.4 is 10.3 Å². The number of anilines is 1. The lowest BCUT2D eigenvalue weighted by Crippen LogP contribution is -2.49. The molecule has 1 aliphatic heterocycles. The van der Waals surface area contributed by atoms with Crippen LogP contribution in [-0.2, 0) is 11.3 Å². The van der Waals surface area contributed by atoms with Crippen molar-refractivity contribution in [2.24, 2.45) is 0 Å². The van der Waals surface area contributed by atoms with E-state index >= 15 is 4.39 Å². The summed E-state index contributed by atoms with van der Waals surface area (Å²) in [7, 11) is 0. The Morgan fingerprint density at radius 2 is 1.77 bits per heavy atom. The van der Waals surface area contributed by atoms with Crippen molar-refractivity contribution in [2.45, 2.75) is 31.7 Å². The highest BCUT2D eigenvalue weighted by Crippen LogP contribution is 2.27. The summed E-state index contributed by atoms with van der Waals surface area (Å²) in [6.07, 6.45) is 1.75. The van der Waals surface area contributed by atoms with Crippen LogP contribution in [0.4, 0.5) is 10.1 Å². The minimum absolute atomic E-state index is 0.0490. The molecule has 0 unspecified atom stereocenters. The summed E-state index contributed by atoms with van der Waals surface area (Å²) in [5.41, 5.74) is 0.976. The van der Waals surface area contributed by atoms with E-state index in [1.54, 1.807) is 22.4 Å². The molecular formula is C26H28FN3O4S. The quantitative estimate of drug-likeness (QED) is 0.497. The van der Waals surface area contributed by atoms with E-state index in [0.29, 0.717) is 56.1 Å². The summed E-state index contributed by atoms with van der Waals surface area (Å²) < 4.78 is 16.7. The molecule has 7 nitrogen and oxygen atoms in total. The SMILES string of the molecule is CCn1cc(C(=O)O)c(=O)c2cc(F)c(N3CCN(C(=O)CCSc4ccc(C)cc4)CC3)cc21. The van der Waals surface area contributed by atoms with Crippen LogP contribution in [0, 0.1) is 12.7 Å². The number of nitrogens with zero attached hydrogens (tertiary/aromatic N) is 3. The number of carbonyl (C=O) groups is 2. The Morgan fingerprint density at radius 1 is 1.09 bits per heavy atom. The number of rotatable bonds is 7. The number of carbonyl (C=O) groups excluding carboxylic acids is 1. The van der Waals surface area contributed by atoms with Gasteiger partial charge in [0, 0.05) is 61.4 Å². The molecule has 1 fully saturated rings. The largest absolute Gasteiger partial charge is 0.477 e. The number of thioether (sulfide) groups is 1. The lowest BCUT2D eigenvalue weighted by atomic mass is 10.1. The Kier molecular flexibility index (Phi) is 7.45. The molecule has 1 aromatic heterocycles. The van der Waals surface area contributed by atoms with Gasteiger partial charge in [-0.2, -0.15) is 0 Å². The van der Waals surface area contributed by atoms with Crippen molar-refractivity contribution in [1.82, 2.24) is 9.47 Å². The lowest BCUT2D eigenvalue weighted by Gasteiger charge is -2.36. The van der Waals surface area contributed by atoms with E-state index in [4.69, 9.17) is 0 Å². The van der Waals surface area contributed by atoms with Gasteiger partial charge in [-0.1, -0.05) is 17.7 Å². The molecule has 4 rings (SSSR count). The maximum Gasteiger partial charge on any atom is 0.341 e. The van der Waals surface area contributed by atoms with Gasteiger partial charge in [-0.3, -0.25) is 9.59 Å². The van der Waals surface area contributed by atoms with Gasteiger partial charge in [-0.05, 0) is 38.1 Å². The molecule has 184 valence electrons. The standard InChI is InChI=1S/C26H28FN3O4S/c1-3-28-16-20(26(33)34)25(32)19-14-21(27)23(15-22(19)28)29-9-11-30(12-10-29)24(31)8-13-35-18-6-4-17(2)5-7-18/h4-7,14-16H,3,8-13H2,1-2H3,(H,33,34). The Hall–Kier alpha value is -3.33. The highest BCUT2D eigenvalue weighted by atomic mass is 32.2. The van der Waals surface area contributed by atoms with E-state index < -0.39 is 17.2 Å². The van der Waals surface area contributed by atoms with Gasteiger partial charge in [-0.25, -0.2) is 9.18 Å². The third kappa shape index (κ3) is 5.35. The van der Waals surface area contributed by atoms with Crippen molar-refractivity contribution in [3.63, 3.8) is 0 Å². The van der Waals surface area contributed by atoms with Crippen molar-refractivity contribution in [1.29, 1.82) is 0 Å². The number of aromatic carboxylic acids is 1. The first-order chi connectivity index (χ1) is 16.8. The summed E-state index contributed by atoms with van der Waals surface area (Å²) in [6.45, 7) is 6.24. The number of hydrogen-bond acceptors (Lipinski definition) is 5. The van der Waals surface area contributed by atoms with Crippen molar-refractivity contribution in [3.8, 4) is 0 Å². The summed E-state index contributed by atoms with van der Waals surface area (Å²) in [5, 5.41) is 9.36. The molecular weight excluding hydrogens is 469 g/mol. The van der Waals surface area contributed by atoms with E-state index in [0.717, 1.165) is 11.0 Å². The fraction of sp³-hybridized carbons (Fsp3) is 0.346. The summed E-state index contributed by atoms with van der Waals surface area (Å²) in [4.78, 5) is 41.5. The van der Waals surface area contributed by atoms with Crippen LogP contribution in [-0.4, -0.2) is 58.4 Å². The van der Waals surface area contributed by atoms with Gasteiger partial charge in [-0.15, -0.1) is 11.8 Å². The summed E-state index contributed by atoms with van der Waals surface area (Å²) in [6, 6.07) is 11.0. The predicted octanol–water partition coefficient (Wildman–Crippen LogP) is 4.00. The maximum absolute atomic E-state index is 15.0. The zero-order valence-electron chi connectivity index (χ0n) is 19.8. The minimum atomic E-state index is -1.33. The summed E-state index contributed by atoms with van der Waals surface area (Å²) >= 11 is 1.66. The lowest BCUT2D eigenvalue weighted by molar-refractivity contribution is -0.131. The van der Waals surface area contributed by atoms with Gasteiger partial charge in [0.05, 0.1) is 11.2 Å². The molecule has 3 aromatic rings. The molecule has 1 aliphatic rings. The molecule has 1 amide bonds. The Morgan fingerprint density at radius 3 is 2.40 bits per heavy atom. The number of halogens is 1. The molecule has 1 saturated heterocycles. The van der Waals surface area contributed by atoms with E-state index in [1.165, 1.54) is 11.8 Å². The van der Waals surface area contributed by atoms with Crippen LogP contribution in [0.25, 0.3) is 10.9 Å². The van der Waals surface area contributed by atoms with E-state index in [1.807, 2.05) is 23.6 Å². The normalized spacial score (nSPS) is 13.9. The zero-order chi connectivity index (χ0) is 25.1. The van der Waals surface area contributed by atoms with Crippen molar-refractivity contribution in [3.05, 3.63) is 69.8 Å². The average molecular weight is 498 g/mol. The van der Waals surface area contributed by atoms with Gasteiger partial charge in [0.1, 0.15) is 11.4 Å². The molecule has 2 aromatic carbocycles. The number of carboxylic acid groups (broad SMARTS) is 1. The molecule has 35 heavy (non-hydrogen) atoms. The van der Waals surface area contributed by atoms with E-state index in [2.05, 4.69) is 24.3 Å². The number of fused-ring (bicyclic) bond motifs is 1. The summed E-state index contributed by atoms with van der Waals surface area (Å²) in [5.74, 6) is -1.12. The predicted molar refractivity (Wildman–Crippen MR) is 136 cm³/mol. The van der Waals surface area contributed by atoms with Crippen LogP contribution >= 0.6 is 11.8 Å². The van der Waals surface area contributed by atoms with Crippen molar-refractivity contribution >= 4 is 40.2 Å². The van der Waals surface area contributed by atoms with Gasteiger partial charge in [0.2, 0.25) is 11.3 Å². The fourth-order valence-electron chi connectivity index (χ4n) is 4.30. The molecule has 0 radical (unpaired) electrons. The minimum Gasteiger partial charge on any atom is -0.477 e. The molecule has 2 heterocycles. The Bertz CT molecular complexity index is 1310. The van der Waals surface area contributed by atoms with Gasteiger partial charge in [0.15, 0.2) is 0 Å². The topological polar surface area (TPSA) is 82.8 Å². The first kappa shape index (κ1) is 24.8. The van der Waals surface area contributed by atoms with E-state index in [9.17, 15) is 19.5 Å². The molecule has 0 bridgehead atoms. The Labute approximate surface area is 207 Å². The molecule has 0 aliphatic carbocycles. The van der Waals surface area contributed by atoms with Gasteiger partial charge < -0.3 is 19.5 Å². The number of benzene rings is 2. The van der Waals surface area contributed by atoms with Crippen LogP contribution in [0.15, 0.2) is 52.3 Å². The van der Waals surface area contributed by atoms with Crippen molar-refractivity contribution < 1.29 is 19.1 Å². The van der Waals surface area contributed by atoms with Crippen LogP contribution in [0.5, 0.6) is 0 Å². The molecule has 0 saturated carbocycles. The maximum atomic E-state index is 15.0. The van der Waals surface area contributed by atoms with Gasteiger partial charge in [0.25, 0.3) is 0 Å². The third-order valence-electron chi connectivity index (χ3n) is 6.30. The number of amides is 1. The second kappa shape index (κ2) is 10.5. The van der Waals surface area contributed by atoms with Crippen LogP contribution in [0.2, 0.25) is 0 Å². The fourth-order valence-corrected chi connectivity index (χ4v) is 5.14. The molecule has 0 atom stereocenters. The second-order valence-electron chi connectivity index (χ2n) is 8.56. The smallest absolute Gasteiger partial charge is 0.341 e. The first-order valence-electron chi connectivity index (χ1n) is 11.6. The number of pyridine rings is 1. The van der Waals surface area contributed by atoms with Crippen LogP contribution in [0.1, 0.15) is 29.3 Å². The number of hydrogen-bond donors (Lipinski definition) is 1. The first-order valence-corrected chi connectivity index (χ1v) is 12.6. The number of aromatic nitrogens is 1. The monoisotopic (exact) mass is 497 g/mol. The highest BCUT2D eigenvalue weighted by Gasteiger charge is 2.24. The number of aryl methyl sites for hydroxylation is 2. The third-order valence-corrected chi connectivity index (χ3v) is 7.31. The number of carboxylic acids is 1. The Balaban J connectivity index is 1.43. The molecule has 9 heteroatoms. The number of piperazine rings is 1. The van der Waals surface area contributed by atoms with E-state index in [-0.39, 0.29) is 16.9 Å². The van der Waals surface area contributed by atoms with Crippen LogP contribution in [0.3, 0.4) is 0 Å². The molecule has 0 spiro atoms.